The van der Waals surface area contributed by atoms with Gasteiger partial charge in [0.15, 0.2) is 0 Å². The molecule has 1 N–H and O–H groups in total. The van der Waals surface area contributed by atoms with Crippen molar-refractivity contribution in [3.63, 3.8) is 0 Å². The minimum atomic E-state index is -0.368. The SMILES string of the molecule is Cc1cnc(F)cc1C1CCNC1.Cl. The Morgan fingerprint density at radius 1 is 1.57 bits per heavy atom. The molecule has 2 heterocycles. The molecular weight excluding hydrogens is 203 g/mol. The second-order valence-electron chi connectivity index (χ2n) is 3.55. The minimum Gasteiger partial charge on any atom is -0.316 e. The van der Waals surface area contributed by atoms with E-state index >= 15 is 0 Å². The lowest BCUT2D eigenvalue weighted by atomic mass is 9.96. The fraction of sp³-hybridized carbons (Fsp3) is 0.500. The fourth-order valence-corrected chi connectivity index (χ4v) is 1.87. The van der Waals surface area contributed by atoms with Crippen molar-refractivity contribution in [2.24, 2.45) is 0 Å². The molecule has 0 aliphatic carbocycles. The zero-order valence-corrected chi connectivity index (χ0v) is 8.90. The number of hydrogen-bond donors (Lipinski definition) is 1. The van der Waals surface area contributed by atoms with Crippen molar-refractivity contribution in [3.05, 3.63) is 29.3 Å². The molecule has 0 bridgehead atoms. The summed E-state index contributed by atoms with van der Waals surface area (Å²) >= 11 is 0. The van der Waals surface area contributed by atoms with E-state index in [0.717, 1.165) is 30.6 Å². The first kappa shape index (κ1) is 11.4. The van der Waals surface area contributed by atoms with Crippen LogP contribution in [-0.4, -0.2) is 18.1 Å². The summed E-state index contributed by atoms with van der Waals surface area (Å²) in [7, 11) is 0. The van der Waals surface area contributed by atoms with Gasteiger partial charge in [-0.05, 0) is 43.0 Å². The van der Waals surface area contributed by atoms with Crippen LogP contribution >= 0.6 is 12.4 Å². The molecule has 1 unspecified atom stereocenters. The number of rotatable bonds is 1. The summed E-state index contributed by atoms with van der Waals surface area (Å²) < 4.78 is 12.9. The van der Waals surface area contributed by atoms with Gasteiger partial charge in [-0.3, -0.25) is 0 Å². The first-order valence-corrected chi connectivity index (χ1v) is 4.60. The molecule has 2 nitrogen and oxygen atoms in total. The Bertz CT molecular complexity index is 311. The fourth-order valence-electron chi connectivity index (χ4n) is 1.87. The van der Waals surface area contributed by atoms with Gasteiger partial charge in [0.1, 0.15) is 0 Å². The van der Waals surface area contributed by atoms with Crippen LogP contribution in [-0.2, 0) is 0 Å². The maximum atomic E-state index is 12.9. The van der Waals surface area contributed by atoms with Crippen molar-refractivity contribution in [1.82, 2.24) is 10.3 Å². The zero-order chi connectivity index (χ0) is 9.26. The van der Waals surface area contributed by atoms with E-state index in [1.54, 1.807) is 12.3 Å². The van der Waals surface area contributed by atoms with E-state index in [2.05, 4.69) is 10.3 Å². The summed E-state index contributed by atoms with van der Waals surface area (Å²) in [4.78, 5) is 3.62. The first-order chi connectivity index (χ1) is 6.27. The van der Waals surface area contributed by atoms with Crippen LogP contribution in [0.5, 0.6) is 0 Å². The summed E-state index contributed by atoms with van der Waals surface area (Å²) in [6, 6.07) is 1.56. The number of nitrogens with zero attached hydrogens (tertiary/aromatic N) is 1. The average Bonchev–Trinajstić information content (AvgIpc) is 2.61. The van der Waals surface area contributed by atoms with Gasteiger partial charge in [0.2, 0.25) is 5.95 Å². The summed E-state index contributed by atoms with van der Waals surface area (Å²) in [5.41, 5.74) is 2.20. The van der Waals surface area contributed by atoms with Gasteiger partial charge in [-0.1, -0.05) is 0 Å². The smallest absolute Gasteiger partial charge is 0.213 e. The largest absolute Gasteiger partial charge is 0.316 e. The third-order valence-electron chi connectivity index (χ3n) is 2.61. The number of hydrogen-bond acceptors (Lipinski definition) is 2. The molecule has 1 fully saturated rings. The molecule has 1 aromatic rings. The van der Waals surface area contributed by atoms with Crippen LogP contribution < -0.4 is 5.32 Å². The first-order valence-electron chi connectivity index (χ1n) is 4.60. The van der Waals surface area contributed by atoms with E-state index in [4.69, 9.17) is 0 Å². The van der Waals surface area contributed by atoms with Crippen molar-refractivity contribution < 1.29 is 4.39 Å². The molecule has 1 aliphatic rings. The Balaban J connectivity index is 0.000000980. The van der Waals surface area contributed by atoms with Crippen molar-refractivity contribution in [2.75, 3.05) is 13.1 Å². The lowest BCUT2D eigenvalue weighted by Crippen LogP contribution is -2.09. The van der Waals surface area contributed by atoms with Gasteiger partial charge in [0.05, 0.1) is 0 Å². The van der Waals surface area contributed by atoms with E-state index in [1.807, 2.05) is 6.92 Å². The van der Waals surface area contributed by atoms with E-state index < -0.39 is 0 Å². The molecule has 4 heteroatoms. The molecule has 0 radical (unpaired) electrons. The van der Waals surface area contributed by atoms with Crippen LogP contribution in [0.3, 0.4) is 0 Å². The van der Waals surface area contributed by atoms with Gasteiger partial charge in [-0.15, -0.1) is 12.4 Å². The highest BCUT2D eigenvalue weighted by Gasteiger charge is 2.18. The van der Waals surface area contributed by atoms with E-state index in [9.17, 15) is 4.39 Å². The molecule has 0 amide bonds. The minimum absolute atomic E-state index is 0. The molecule has 1 aliphatic heterocycles. The van der Waals surface area contributed by atoms with Crippen LogP contribution in [0.1, 0.15) is 23.5 Å². The molecule has 1 atom stereocenters. The van der Waals surface area contributed by atoms with Crippen molar-refractivity contribution in [3.8, 4) is 0 Å². The standard InChI is InChI=1S/C10H13FN2.ClH/c1-7-5-13-10(11)4-9(7)8-2-3-12-6-8;/h4-5,8,12H,2-3,6H2,1H3;1H. The Morgan fingerprint density at radius 3 is 3.00 bits per heavy atom. The van der Waals surface area contributed by atoms with Gasteiger partial charge in [0.25, 0.3) is 0 Å². The monoisotopic (exact) mass is 216 g/mol. The topological polar surface area (TPSA) is 24.9 Å². The Kier molecular flexibility index (Phi) is 3.84. The van der Waals surface area contributed by atoms with Crippen molar-refractivity contribution in [1.29, 1.82) is 0 Å². The molecule has 0 saturated carbocycles. The maximum Gasteiger partial charge on any atom is 0.213 e. The second-order valence-corrected chi connectivity index (χ2v) is 3.55. The predicted octanol–water partition coefficient (Wildman–Crippen LogP) is 2.03. The van der Waals surface area contributed by atoms with Crippen LogP contribution in [0.2, 0.25) is 0 Å². The van der Waals surface area contributed by atoms with Crippen LogP contribution in [0, 0.1) is 12.9 Å². The van der Waals surface area contributed by atoms with Crippen molar-refractivity contribution in [2.45, 2.75) is 19.3 Å². The summed E-state index contributed by atoms with van der Waals surface area (Å²) in [6.45, 7) is 3.98. The molecule has 14 heavy (non-hydrogen) atoms. The van der Waals surface area contributed by atoms with Crippen LogP contribution in [0.15, 0.2) is 12.3 Å². The maximum absolute atomic E-state index is 12.9. The lowest BCUT2D eigenvalue weighted by molar-refractivity contribution is 0.576. The second kappa shape index (κ2) is 4.71. The highest BCUT2D eigenvalue weighted by molar-refractivity contribution is 5.85. The van der Waals surface area contributed by atoms with Crippen molar-refractivity contribution >= 4 is 12.4 Å². The summed E-state index contributed by atoms with van der Waals surface area (Å²) in [5, 5.41) is 3.27. The van der Waals surface area contributed by atoms with E-state index in [0.29, 0.717) is 5.92 Å². The summed E-state index contributed by atoms with van der Waals surface area (Å²) in [6.07, 6.45) is 2.72. The predicted molar refractivity (Wildman–Crippen MR) is 56.4 cm³/mol. The number of aromatic nitrogens is 1. The van der Waals surface area contributed by atoms with Gasteiger partial charge in [-0.2, -0.15) is 4.39 Å². The molecule has 0 spiro atoms. The van der Waals surface area contributed by atoms with Gasteiger partial charge in [-0.25, -0.2) is 4.98 Å². The molecule has 1 aromatic heterocycles. The molecular formula is C10H14ClFN2. The normalized spacial score (nSPS) is 20.6. The van der Waals surface area contributed by atoms with Crippen LogP contribution in [0.4, 0.5) is 4.39 Å². The summed E-state index contributed by atoms with van der Waals surface area (Å²) in [5.74, 6) is 0.102. The lowest BCUT2D eigenvalue weighted by Gasteiger charge is -2.11. The number of halogens is 2. The molecule has 1 saturated heterocycles. The van der Waals surface area contributed by atoms with E-state index in [-0.39, 0.29) is 18.4 Å². The third kappa shape index (κ3) is 2.22. The van der Waals surface area contributed by atoms with Gasteiger partial charge < -0.3 is 5.32 Å². The third-order valence-corrected chi connectivity index (χ3v) is 2.61. The molecule has 2 rings (SSSR count). The average molecular weight is 217 g/mol. The number of pyridine rings is 1. The number of nitrogens with one attached hydrogen (secondary N) is 1. The van der Waals surface area contributed by atoms with E-state index in [1.165, 1.54) is 0 Å². The molecule has 0 aromatic carbocycles. The molecule has 78 valence electrons. The Hall–Kier alpha value is -0.670. The Morgan fingerprint density at radius 2 is 2.36 bits per heavy atom. The highest BCUT2D eigenvalue weighted by Crippen LogP contribution is 2.24. The quantitative estimate of drug-likeness (QED) is 0.727. The van der Waals surface area contributed by atoms with Gasteiger partial charge in [0, 0.05) is 12.7 Å². The van der Waals surface area contributed by atoms with Gasteiger partial charge >= 0.3 is 0 Å². The zero-order valence-electron chi connectivity index (χ0n) is 8.09. The number of aryl methyl sites for hydroxylation is 1. The van der Waals surface area contributed by atoms with Crippen LogP contribution in [0.25, 0.3) is 0 Å². The Labute approximate surface area is 89.3 Å². The highest BCUT2D eigenvalue weighted by atomic mass is 35.5.